The summed E-state index contributed by atoms with van der Waals surface area (Å²) in [5.74, 6) is -0.178. The topological polar surface area (TPSA) is 62.2 Å². The zero-order chi connectivity index (χ0) is 18.4. The highest BCUT2D eigenvalue weighted by Gasteiger charge is 2.17. The zero-order valence-electron chi connectivity index (χ0n) is 14.7. The standard InChI is InChI=1S/C22H22N2O2/c1-16-8-10-17(11-9-16)14-21(20-7-2-3-12-23-20)24-22(26)19-6-4-5-18(13-19)15-25/h2-13,21,25H,14-15H2,1H3,(H,24,26). The number of benzene rings is 2. The molecule has 0 aliphatic rings. The van der Waals surface area contributed by atoms with E-state index < -0.39 is 0 Å². The molecule has 3 rings (SSSR count). The lowest BCUT2D eigenvalue weighted by Gasteiger charge is -2.19. The van der Waals surface area contributed by atoms with Crippen LogP contribution in [0.15, 0.2) is 72.9 Å². The SMILES string of the molecule is Cc1ccc(CC(NC(=O)c2cccc(CO)c2)c2ccccn2)cc1. The highest BCUT2D eigenvalue weighted by atomic mass is 16.3. The van der Waals surface area contributed by atoms with Crippen molar-refractivity contribution in [2.45, 2.75) is 26.0 Å². The predicted molar refractivity (Wildman–Crippen MR) is 102 cm³/mol. The van der Waals surface area contributed by atoms with E-state index in [2.05, 4.69) is 41.5 Å². The lowest BCUT2D eigenvalue weighted by Crippen LogP contribution is -2.30. The van der Waals surface area contributed by atoms with Crippen molar-refractivity contribution in [2.75, 3.05) is 0 Å². The summed E-state index contributed by atoms with van der Waals surface area (Å²) in [4.78, 5) is 17.1. The summed E-state index contributed by atoms with van der Waals surface area (Å²) < 4.78 is 0. The van der Waals surface area contributed by atoms with E-state index in [-0.39, 0.29) is 18.6 Å². The molecule has 0 aliphatic heterocycles. The maximum atomic E-state index is 12.7. The quantitative estimate of drug-likeness (QED) is 0.717. The molecule has 4 heteroatoms. The van der Waals surface area contributed by atoms with Crippen molar-refractivity contribution in [1.29, 1.82) is 0 Å². The van der Waals surface area contributed by atoms with Crippen molar-refractivity contribution >= 4 is 5.91 Å². The molecule has 0 spiro atoms. The lowest BCUT2D eigenvalue weighted by molar-refractivity contribution is 0.0935. The van der Waals surface area contributed by atoms with E-state index in [9.17, 15) is 9.90 Å². The molecule has 0 saturated carbocycles. The van der Waals surface area contributed by atoms with Crippen LogP contribution in [0, 0.1) is 6.92 Å². The Morgan fingerprint density at radius 1 is 1.04 bits per heavy atom. The van der Waals surface area contributed by atoms with E-state index in [1.807, 2.05) is 18.2 Å². The number of hydrogen-bond acceptors (Lipinski definition) is 3. The summed E-state index contributed by atoms with van der Waals surface area (Å²) in [5, 5.41) is 12.4. The van der Waals surface area contributed by atoms with Gasteiger partial charge >= 0.3 is 0 Å². The van der Waals surface area contributed by atoms with E-state index >= 15 is 0 Å². The van der Waals surface area contributed by atoms with E-state index in [0.717, 1.165) is 11.3 Å². The molecule has 2 aromatic carbocycles. The number of nitrogens with one attached hydrogen (secondary N) is 1. The van der Waals surface area contributed by atoms with Gasteiger partial charge in [-0.05, 0) is 48.7 Å². The Labute approximate surface area is 153 Å². The predicted octanol–water partition coefficient (Wildman–Crippen LogP) is 3.60. The average molecular weight is 346 g/mol. The number of amides is 1. The van der Waals surface area contributed by atoms with Gasteiger partial charge in [0, 0.05) is 11.8 Å². The molecule has 0 radical (unpaired) electrons. The molecule has 3 aromatic rings. The number of pyridine rings is 1. The Morgan fingerprint density at radius 2 is 1.85 bits per heavy atom. The van der Waals surface area contributed by atoms with Gasteiger partial charge in [0.05, 0.1) is 18.3 Å². The number of hydrogen-bond donors (Lipinski definition) is 2. The molecule has 2 N–H and O–H groups in total. The van der Waals surface area contributed by atoms with Gasteiger partial charge in [-0.1, -0.05) is 48.0 Å². The van der Waals surface area contributed by atoms with Crippen LogP contribution in [0.5, 0.6) is 0 Å². The summed E-state index contributed by atoms with van der Waals surface area (Å²) in [6.45, 7) is 1.96. The van der Waals surface area contributed by atoms with Gasteiger partial charge in [-0.25, -0.2) is 0 Å². The largest absolute Gasteiger partial charge is 0.392 e. The second-order valence-electron chi connectivity index (χ2n) is 6.33. The Hall–Kier alpha value is -2.98. The smallest absolute Gasteiger partial charge is 0.251 e. The van der Waals surface area contributed by atoms with Crippen LogP contribution in [0.4, 0.5) is 0 Å². The van der Waals surface area contributed by atoms with Gasteiger partial charge in [-0.2, -0.15) is 0 Å². The highest BCUT2D eigenvalue weighted by molar-refractivity contribution is 5.94. The Morgan fingerprint density at radius 3 is 2.54 bits per heavy atom. The molecule has 4 nitrogen and oxygen atoms in total. The number of aryl methyl sites for hydroxylation is 1. The van der Waals surface area contributed by atoms with Crippen LogP contribution < -0.4 is 5.32 Å². The van der Waals surface area contributed by atoms with Crippen LogP contribution in [0.1, 0.15) is 38.8 Å². The number of aliphatic hydroxyl groups excluding tert-OH is 1. The van der Waals surface area contributed by atoms with Crippen molar-refractivity contribution in [1.82, 2.24) is 10.3 Å². The third-order valence-corrected chi connectivity index (χ3v) is 4.28. The minimum absolute atomic E-state index is 0.0891. The molecule has 1 unspecified atom stereocenters. The summed E-state index contributed by atoms with van der Waals surface area (Å²) in [6, 6.07) is 20.8. The molecule has 1 heterocycles. The van der Waals surface area contributed by atoms with Crippen molar-refractivity contribution in [3.63, 3.8) is 0 Å². The number of aromatic nitrogens is 1. The van der Waals surface area contributed by atoms with Gasteiger partial charge in [0.1, 0.15) is 0 Å². The third-order valence-electron chi connectivity index (χ3n) is 4.28. The summed E-state index contributed by atoms with van der Waals surface area (Å²) in [6.07, 6.45) is 2.39. The molecule has 1 amide bonds. The van der Waals surface area contributed by atoms with Gasteiger partial charge in [0.2, 0.25) is 0 Å². The van der Waals surface area contributed by atoms with Crippen molar-refractivity contribution in [2.24, 2.45) is 0 Å². The first-order valence-electron chi connectivity index (χ1n) is 8.63. The fraction of sp³-hybridized carbons (Fsp3) is 0.182. The molecule has 0 aliphatic carbocycles. The van der Waals surface area contributed by atoms with Crippen LogP contribution in [0.2, 0.25) is 0 Å². The Bertz CT molecular complexity index is 861. The summed E-state index contributed by atoms with van der Waals surface area (Å²) >= 11 is 0. The number of aliphatic hydroxyl groups is 1. The van der Waals surface area contributed by atoms with Crippen LogP contribution in [-0.4, -0.2) is 16.0 Å². The Balaban J connectivity index is 1.83. The van der Waals surface area contributed by atoms with Gasteiger partial charge < -0.3 is 10.4 Å². The molecule has 1 atom stereocenters. The fourth-order valence-electron chi connectivity index (χ4n) is 2.82. The first-order valence-corrected chi connectivity index (χ1v) is 8.63. The molecule has 1 aromatic heterocycles. The van der Waals surface area contributed by atoms with Crippen molar-refractivity contribution in [3.05, 3.63) is 101 Å². The van der Waals surface area contributed by atoms with Crippen LogP contribution in [0.25, 0.3) is 0 Å². The zero-order valence-corrected chi connectivity index (χ0v) is 14.7. The molecular weight excluding hydrogens is 324 g/mol. The molecule has 132 valence electrons. The van der Waals surface area contributed by atoms with Gasteiger partial charge in [-0.15, -0.1) is 0 Å². The monoisotopic (exact) mass is 346 g/mol. The Kier molecular flexibility index (Phi) is 5.77. The van der Waals surface area contributed by atoms with Gasteiger partial charge in [-0.3, -0.25) is 9.78 Å². The van der Waals surface area contributed by atoms with E-state index in [1.165, 1.54) is 5.56 Å². The van der Waals surface area contributed by atoms with E-state index in [0.29, 0.717) is 17.5 Å². The average Bonchev–Trinajstić information content (AvgIpc) is 2.69. The minimum Gasteiger partial charge on any atom is -0.392 e. The van der Waals surface area contributed by atoms with E-state index in [1.54, 1.807) is 30.5 Å². The summed E-state index contributed by atoms with van der Waals surface area (Å²) in [5.41, 5.74) is 4.40. The number of rotatable bonds is 6. The van der Waals surface area contributed by atoms with Gasteiger partial charge in [0.15, 0.2) is 0 Å². The van der Waals surface area contributed by atoms with Gasteiger partial charge in [0.25, 0.3) is 5.91 Å². The first-order chi connectivity index (χ1) is 12.7. The van der Waals surface area contributed by atoms with Crippen molar-refractivity contribution < 1.29 is 9.90 Å². The normalized spacial score (nSPS) is 11.8. The molecule has 0 saturated heterocycles. The second-order valence-corrected chi connectivity index (χ2v) is 6.33. The minimum atomic E-state index is -0.232. The molecule has 0 bridgehead atoms. The number of carbonyl (C=O) groups is 1. The van der Waals surface area contributed by atoms with E-state index in [4.69, 9.17) is 0 Å². The fourth-order valence-corrected chi connectivity index (χ4v) is 2.82. The molecule has 26 heavy (non-hydrogen) atoms. The van der Waals surface area contributed by atoms with Crippen LogP contribution >= 0.6 is 0 Å². The van der Waals surface area contributed by atoms with Crippen molar-refractivity contribution in [3.8, 4) is 0 Å². The lowest BCUT2D eigenvalue weighted by atomic mass is 10.0. The summed E-state index contributed by atoms with van der Waals surface area (Å²) in [7, 11) is 0. The molecular formula is C22H22N2O2. The van der Waals surface area contributed by atoms with Crippen LogP contribution in [0.3, 0.4) is 0 Å². The number of nitrogens with zero attached hydrogens (tertiary/aromatic N) is 1. The first kappa shape index (κ1) is 17.8. The maximum Gasteiger partial charge on any atom is 0.251 e. The highest BCUT2D eigenvalue weighted by Crippen LogP contribution is 2.18. The second kappa shape index (κ2) is 8.41. The maximum absolute atomic E-state index is 12.7. The number of carbonyl (C=O) groups excluding carboxylic acids is 1. The third kappa shape index (κ3) is 4.55. The van der Waals surface area contributed by atoms with Crippen LogP contribution in [-0.2, 0) is 13.0 Å². The molecule has 0 fully saturated rings.